The molecule has 1 amide bonds. The van der Waals surface area contributed by atoms with E-state index < -0.39 is 0 Å². The first kappa shape index (κ1) is 17.4. The van der Waals surface area contributed by atoms with Crippen LogP contribution in [0.4, 0.5) is 0 Å². The van der Waals surface area contributed by atoms with Crippen LogP contribution < -0.4 is 4.74 Å². The summed E-state index contributed by atoms with van der Waals surface area (Å²) in [6.07, 6.45) is 6.65. The molecule has 140 valence electrons. The van der Waals surface area contributed by atoms with Crippen molar-refractivity contribution in [2.75, 3.05) is 13.7 Å². The molecule has 0 saturated carbocycles. The molecule has 27 heavy (non-hydrogen) atoms. The quantitative estimate of drug-likeness (QED) is 0.688. The Balaban J connectivity index is 1.54. The molecule has 1 fully saturated rings. The molecule has 0 N–H and O–H groups in total. The minimum absolute atomic E-state index is 0.0426. The largest absolute Gasteiger partial charge is 0.497 e. The molecule has 6 nitrogen and oxygen atoms in total. The molecule has 3 heterocycles. The number of benzene rings is 1. The topological polar surface area (TPSA) is 60.5 Å². The summed E-state index contributed by atoms with van der Waals surface area (Å²) < 4.78 is 12.9. The van der Waals surface area contributed by atoms with Crippen molar-refractivity contribution >= 4 is 5.91 Å². The van der Waals surface area contributed by atoms with Crippen LogP contribution in [0.3, 0.4) is 0 Å². The second kappa shape index (κ2) is 7.70. The van der Waals surface area contributed by atoms with Gasteiger partial charge < -0.3 is 14.1 Å². The van der Waals surface area contributed by atoms with Gasteiger partial charge in [-0.1, -0.05) is 12.1 Å². The van der Waals surface area contributed by atoms with Crippen LogP contribution in [0, 0.1) is 0 Å². The van der Waals surface area contributed by atoms with E-state index in [1.165, 1.54) is 0 Å². The second-order valence-electron chi connectivity index (χ2n) is 6.76. The van der Waals surface area contributed by atoms with Gasteiger partial charge in [-0.25, -0.2) is 0 Å². The van der Waals surface area contributed by atoms with Crippen molar-refractivity contribution in [1.82, 2.24) is 14.7 Å². The molecule has 0 spiro atoms. The number of likely N-dealkylation sites (tertiary alicyclic amines) is 1. The molecule has 0 aliphatic carbocycles. The number of aromatic nitrogens is 2. The summed E-state index contributed by atoms with van der Waals surface area (Å²) in [4.78, 5) is 15.1. The molecule has 1 atom stereocenters. The maximum Gasteiger partial charge on any atom is 0.290 e. The molecule has 3 aromatic rings. The zero-order valence-corrected chi connectivity index (χ0v) is 15.4. The number of hydrogen-bond donors (Lipinski definition) is 0. The van der Waals surface area contributed by atoms with E-state index in [4.69, 9.17) is 9.15 Å². The normalized spacial score (nSPS) is 17.1. The Kier molecular flexibility index (Phi) is 4.96. The van der Waals surface area contributed by atoms with Crippen LogP contribution in [0.15, 0.2) is 59.3 Å². The number of carbonyl (C=O) groups is 1. The van der Waals surface area contributed by atoms with Crippen molar-refractivity contribution in [3.63, 3.8) is 0 Å². The molecular formula is C21H23N3O3. The van der Waals surface area contributed by atoms with E-state index in [1.807, 2.05) is 41.4 Å². The predicted molar refractivity (Wildman–Crippen MR) is 101 cm³/mol. The van der Waals surface area contributed by atoms with E-state index >= 15 is 0 Å². The van der Waals surface area contributed by atoms with Gasteiger partial charge in [-0.15, -0.1) is 0 Å². The number of hydrogen-bond acceptors (Lipinski definition) is 4. The zero-order valence-electron chi connectivity index (χ0n) is 15.4. The molecule has 1 aliphatic rings. The van der Waals surface area contributed by atoms with E-state index in [-0.39, 0.29) is 11.9 Å². The van der Waals surface area contributed by atoms with Gasteiger partial charge in [0.1, 0.15) is 11.5 Å². The van der Waals surface area contributed by atoms with Gasteiger partial charge in [0.25, 0.3) is 5.91 Å². The highest BCUT2D eigenvalue weighted by atomic mass is 16.5. The highest BCUT2D eigenvalue weighted by Gasteiger charge is 2.30. The molecule has 0 bridgehead atoms. The zero-order chi connectivity index (χ0) is 18.6. The second-order valence-corrected chi connectivity index (χ2v) is 6.76. The first-order valence-corrected chi connectivity index (χ1v) is 9.25. The van der Waals surface area contributed by atoms with Crippen LogP contribution in [0.25, 0.3) is 0 Å². The third-order valence-electron chi connectivity index (χ3n) is 4.99. The van der Waals surface area contributed by atoms with Crippen molar-refractivity contribution in [3.8, 4) is 5.75 Å². The van der Waals surface area contributed by atoms with Gasteiger partial charge in [0, 0.05) is 18.9 Å². The van der Waals surface area contributed by atoms with E-state index in [2.05, 4.69) is 11.2 Å². The number of piperidine rings is 1. The molecular weight excluding hydrogens is 342 g/mol. The number of rotatable bonds is 5. The lowest BCUT2D eigenvalue weighted by Crippen LogP contribution is -2.38. The van der Waals surface area contributed by atoms with Gasteiger partial charge in [0.2, 0.25) is 0 Å². The monoisotopic (exact) mass is 365 g/mol. The molecule has 4 rings (SSSR count). The summed E-state index contributed by atoms with van der Waals surface area (Å²) in [6, 6.07) is 13.5. The standard InChI is InChI=1S/C21H23N3O3/c1-26-17-7-4-6-16(14-17)19-8-2-3-13-24(19)21(25)20-10-9-18(27-20)15-23-12-5-11-22-23/h4-7,9-12,14,19H,2-3,8,13,15H2,1H3/t19-/m0/s1. The van der Waals surface area contributed by atoms with Crippen LogP contribution in [-0.2, 0) is 6.54 Å². The lowest BCUT2D eigenvalue weighted by Gasteiger charge is -2.35. The van der Waals surface area contributed by atoms with Crippen molar-refractivity contribution in [3.05, 3.63) is 71.9 Å². The number of amides is 1. The van der Waals surface area contributed by atoms with Gasteiger partial charge in [0.05, 0.1) is 19.7 Å². The molecule has 0 unspecified atom stereocenters. The van der Waals surface area contributed by atoms with Gasteiger partial charge in [-0.3, -0.25) is 9.48 Å². The Morgan fingerprint density at radius 3 is 3.00 bits per heavy atom. The maximum atomic E-state index is 13.1. The fraction of sp³-hybridized carbons (Fsp3) is 0.333. The van der Waals surface area contributed by atoms with Crippen LogP contribution in [0.2, 0.25) is 0 Å². The molecule has 1 saturated heterocycles. The Labute approximate surface area is 158 Å². The maximum absolute atomic E-state index is 13.1. The molecule has 1 aliphatic heterocycles. The van der Waals surface area contributed by atoms with E-state index in [0.29, 0.717) is 12.3 Å². The van der Waals surface area contributed by atoms with Crippen LogP contribution in [0.1, 0.15) is 47.2 Å². The Hall–Kier alpha value is -3.02. The number of furan rings is 1. The van der Waals surface area contributed by atoms with E-state index in [1.54, 1.807) is 24.1 Å². The molecule has 6 heteroatoms. The Morgan fingerprint density at radius 1 is 1.26 bits per heavy atom. The smallest absolute Gasteiger partial charge is 0.290 e. The molecule has 1 aromatic carbocycles. The number of ether oxygens (including phenoxy) is 1. The van der Waals surface area contributed by atoms with Crippen molar-refractivity contribution in [2.45, 2.75) is 31.8 Å². The van der Waals surface area contributed by atoms with Gasteiger partial charge >= 0.3 is 0 Å². The number of carbonyl (C=O) groups excluding carboxylic acids is 1. The van der Waals surface area contributed by atoms with Crippen LogP contribution in [-0.4, -0.2) is 34.2 Å². The van der Waals surface area contributed by atoms with Crippen LogP contribution >= 0.6 is 0 Å². The summed E-state index contributed by atoms with van der Waals surface area (Å²) in [5, 5.41) is 4.17. The third kappa shape index (κ3) is 3.74. The SMILES string of the molecule is COc1cccc([C@@H]2CCCCN2C(=O)c2ccc(Cn3cccn3)o2)c1. The van der Waals surface area contributed by atoms with Gasteiger partial charge in [-0.2, -0.15) is 5.10 Å². The Morgan fingerprint density at radius 2 is 2.19 bits per heavy atom. The lowest BCUT2D eigenvalue weighted by atomic mass is 9.95. The predicted octanol–water partition coefficient (Wildman–Crippen LogP) is 3.90. The summed E-state index contributed by atoms with van der Waals surface area (Å²) in [5.41, 5.74) is 1.10. The van der Waals surface area contributed by atoms with E-state index in [9.17, 15) is 4.79 Å². The number of methoxy groups -OCH3 is 1. The minimum atomic E-state index is -0.0609. The third-order valence-corrected chi connectivity index (χ3v) is 4.99. The first-order valence-electron chi connectivity index (χ1n) is 9.25. The first-order chi connectivity index (χ1) is 13.2. The fourth-order valence-corrected chi connectivity index (χ4v) is 3.64. The highest BCUT2D eigenvalue weighted by Crippen LogP contribution is 2.33. The summed E-state index contributed by atoms with van der Waals surface area (Å²) in [6.45, 7) is 1.25. The van der Waals surface area contributed by atoms with Crippen LogP contribution in [0.5, 0.6) is 5.75 Å². The summed E-state index contributed by atoms with van der Waals surface area (Å²) in [5.74, 6) is 1.85. The fourth-order valence-electron chi connectivity index (χ4n) is 3.64. The van der Waals surface area contributed by atoms with Gasteiger partial charge in [-0.05, 0) is 55.2 Å². The molecule has 2 aromatic heterocycles. The summed E-state index contributed by atoms with van der Waals surface area (Å²) in [7, 11) is 1.66. The van der Waals surface area contributed by atoms with Crippen molar-refractivity contribution in [2.24, 2.45) is 0 Å². The van der Waals surface area contributed by atoms with Crippen molar-refractivity contribution < 1.29 is 13.9 Å². The average molecular weight is 365 g/mol. The lowest BCUT2D eigenvalue weighted by molar-refractivity contribution is 0.0576. The highest BCUT2D eigenvalue weighted by molar-refractivity contribution is 5.92. The average Bonchev–Trinajstić information content (AvgIpc) is 3.40. The Bertz CT molecular complexity index is 901. The molecule has 0 radical (unpaired) electrons. The number of nitrogens with zero attached hydrogens (tertiary/aromatic N) is 3. The van der Waals surface area contributed by atoms with Gasteiger partial charge in [0.15, 0.2) is 5.76 Å². The minimum Gasteiger partial charge on any atom is -0.497 e. The van der Waals surface area contributed by atoms with Crippen molar-refractivity contribution in [1.29, 1.82) is 0 Å². The van der Waals surface area contributed by atoms with E-state index in [0.717, 1.165) is 42.9 Å². The summed E-state index contributed by atoms with van der Waals surface area (Å²) >= 11 is 0.